The van der Waals surface area contributed by atoms with Crippen LogP contribution in [-0.4, -0.2) is 15.0 Å². The number of para-hydroxylation sites is 2. The maximum Gasteiger partial charge on any atom is 0.164 e. The van der Waals surface area contributed by atoms with E-state index in [1.165, 1.54) is 21.2 Å². The molecule has 0 bridgehead atoms. The number of rotatable bonds is 6. The fraction of sp³-hybridized carbons (Fsp3) is 0. The Labute approximate surface area is 295 Å². The molecule has 0 spiro atoms. The first kappa shape index (κ1) is 29.8. The monoisotopic (exact) mass is 658 g/mol. The topological polar surface area (TPSA) is 41.9 Å². The maximum atomic E-state index is 5.09. The van der Waals surface area contributed by atoms with E-state index in [2.05, 4.69) is 175 Å². The Morgan fingerprint density at radius 3 is 1.22 bits per heavy atom. The van der Waals surface area contributed by atoms with Gasteiger partial charge in [0.1, 0.15) is 0 Å². The first-order chi connectivity index (χ1) is 24.8. The fourth-order valence-electron chi connectivity index (χ4n) is 6.44. The van der Waals surface area contributed by atoms with Crippen LogP contribution in [0.5, 0.6) is 0 Å². The Kier molecular flexibility index (Phi) is 7.72. The van der Waals surface area contributed by atoms with E-state index in [1.54, 1.807) is 0 Å². The third-order valence-electron chi connectivity index (χ3n) is 8.91. The van der Waals surface area contributed by atoms with E-state index in [0.29, 0.717) is 17.5 Å². The van der Waals surface area contributed by atoms with Crippen LogP contribution in [-0.2, 0) is 0 Å². The van der Waals surface area contributed by atoms with Gasteiger partial charge in [-0.2, -0.15) is 0 Å². The molecule has 236 valence electrons. The zero-order chi connectivity index (χ0) is 33.3. The minimum Gasteiger partial charge on any atom is -0.308 e. The quantitative estimate of drug-likeness (QED) is 0.178. The normalized spacial score (nSPS) is 11.9. The SMILES string of the molecule is c1ccc(-c2cccc(-c3nc(-c4ccc(N5c6ccccc6Sc6ccccc65)cc4)nc(-c4cccc(-c5ccccc5)c4)n3)c2)cc1. The van der Waals surface area contributed by atoms with Crippen molar-refractivity contribution in [2.24, 2.45) is 0 Å². The smallest absolute Gasteiger partial charge is 0.164 e. The molecule has 0 unspecified atom stereocenters. The van der Waals surface area contributed by atoms with Crippen LogP contribution in [0.1, 0.15) is 0 Å². The van der Waals surface area contributed by atoms with Crippen molar-refractivity contribution in [3.8, 4) is 56.4 Å². The summed E-state index contributed by atoms with van der Waals surface area (Å²) in [6.45, 7) is 0. The first-order valence-electron chi connectivity index (χ1n) is 16.6. The van der Waals surface area contributed by atoms with Gasteiger partial charge in [-0.1, -0.05) is 133 Å². The van der Waals surface area contributed by atoms with E-state index in [-0.39, 0.29) is 0 Å². The number of nitrogens with zero attached hydrogens (tertiary/aromatic N) is 4. The Morgan fingerprint density at radius 1 is 0.320 bits per heavy atom. The summed E-state index contributed by atoms with van der Waals surface area (Å²) in [6, 6.07) is 63.3. The summed E-state index contributed by atoms with van der Waals surface area (Å²) in [5.41, 5.74) is 10.7. The zero-order valence-electron chi connectivity index (χ0n) is 27.0. The van der Waals surface area contributed by atoms with Gasteiger partial charge >= 0.3 is 0 Å². The highest BCUT2D eigenvalue weighted by atomic mass is 32.2. The molecule has 0 aliphatic carbocycles. The molecule has 0 fully saturated rings. The van der Waals surface area contributed by atoms with Crippen molar-refractivity contribution in [2.45, 2.75) is 9.79 Å². The van der Waals surface area contributed by atoms with E-state index < -0.39 is 0 Å². The first-order valence-corrected chi connectivity index (χ1v) is 17.4. The molecular weight excluding hydrogens is 629 g/mol. The van der Waals surface area contributed by atoms with Crippen LogP contribution < -0.4 is 4.90 Å². The van der Waals surface area contributed by atoms with Crippen LogP contribution in [0.4, 0.5) is 17.1 Å². The molecule has 1 aliphatic rings. The molecule has 9 rings (SSSR count). The second-order valence-corrected chi connectivity index (χ2v) is 13.2. The zero-order valence-corrected chi connectivity index (χ0v) is 27.8. The molecule has 1 aromatic heterocycles. The van der Waals surface area contributed by atoms with Crippen molar-refractivity contribution in [2.75, 3.05) is 4.90 Å². The fourth-order valence-corrected chi connectivity index (χ4v) is 7.50. The van der Waals surface area contributed by atoms with Crippen molar-refractivity contribution in [3.63, 3.8) is 0 Å². The highest BCUT2D eigenvalue weighted by Crippen LogP contribution is 2.51. The van der Waals surface area contributed by atoms with Gasteiger partial charge in [0.25, 0.3) is 0 Å². The number of hydrogen-bond donors (Lipinski definition) is 0. The molecular formula is C45H30N4S. The molecule has 0 N–H and O–H groups in total. The predicted molar refractivity (Wildman–Crippen MR) is 206 cm³/mol. The largest absolute Gasteiger partial charge is 0.308 e. The van der Waals surface area contributed by atoms with Gasteiger partial charge < -0.3 is 4.90 Å². The lowest BCUT2D eigenvalue weighted by Gasteiger charge is -2.32. The van der Waals surface area contributed by atoms with Crippen LogP contribution in [0.25, 0.3) is 56.4 Å². The van der Waals surface area contributed by atoms with E-state index in [1.807, 2.05) is 23.9 Å². The van der Waals surface area contributed by atoms with Gasteiger partial charge in [0, 0.05) is 32.2 Å². The van der Waals surface area contributed by atoms with Crippen LogP contribution in [0.3, 0.4) is 0 Å². The molecule has 0 radical (unpaired) electrons. The van der Waals surface area contributed by atoms with Crippen molar-refractivity contribution >= 4 is 28.8 Å². The van der Waals surface area contributed by atoms with Gasteiger partial charge in [-0.15, -0.1) is 0 Å². The summed E-state index contributed by atoms with van der Waals surface area (Å²) in [4.78, 5) is 20.1. The Morgan fingerprint density at radius 2 is 0.720 bits per heavy atom. The highest BCUT2D eigenvalue weighted by molar-refractivity contribution is 7.99. The molecule has 1 aliphatic heterocycles. The second kappa shape index (κ2) is 13.0. The van der Waals surface area contributed by atoms with Crippen LogP contribution in [0.2, 0.25) is 0 Å². The Bertz CT molecular complexity index is 2320. The molecule has 7 aromatic carbocycles. The summed E-state index contributed by atoms with van der Waals surface area (Å²) < 4.78 is 0. The van der Waals surface area contributed by atoms with Crippen molar-refractivity contribution in [1.82, 2.24) is 15.0 Å². The van der Waals surface area contributed by atoms with Gasteiger partial charge in [0.05, 0.1) is 11.4 Å². The number of anilines is 3. The molecule has 50 heavy (non-hydrogen) atoms. The van der Waals surface area contributed by atoms with Crippen molar-refractivity contribution < 1.29 is 0 Å². The van der Waals surface area contributed by atoms with Crippen LogP contribution in [0.15, 0.2) is 192 Å². The molecule has 0 saturated carbocycles. The molecule has 8 aromatic rings. The minimum atomic E-state index is 0.627. The van der Waals surface area contributed by atoms with E-state index >= 15 is 0 Å². The number of aromatic nitrogens is 3. The molecule has 0 saturated heterocycles. The molecule has 2 heterocycles. The van der Waals surface area contributed by atoms with Gasteiger partial charge in [0.15, 0.2) is 17.5 Å². The molecule has 0 atom stereocenters. The standard InChI is InChI=1S/C45H30N4S/c1-3-13-31(14-4-1)34-17-11-19-36(29-34)44-46-43(47-45(48-44)37-20-12-18-35(30-37)32-15-5-2-6-16-32)33-25-27-38(28-26-33)49-39-21-7-9-23-41(39)50-42-24-10-8-22-40(42)49/h1-30H. The van der Waals surface area contributed by atoms with Gasteiger partial charge in [-0.3, -0.25) is 0 Å². The van der Waals surface area contributed by atoms with Gasteiger partial charge in [-0.25, -0.2) is 15.0 Å². The van der Waals surface area contributed by atoms with Crippen molar-refractivity contribution in [3.05, 3.63) is 182 Å². The summed E-state index contributed by atoms with van der Waals surface area (Å²) in [5, 5.41) is 0. The Balaban J connectivity index is 1.15. The summed E-state index contributed by atoms with van der Waals surface area (Å²) in [6.07, 6.45) is 0. The van der Waals surface area contributed by atoms with Gasteiger partial charge in [-0.05, 0) is 82.9 Å². The summed E-state index contributed by atoms with van der Waals surface area (Å²) in [7, 11) is 0. The van der Waals surface area contributed by atoms with E-state index in [4.69, 9.17) is 15.0 Å². The lowest BCUT2D eigenvalue weighted by atomic mass is 10.0. The molecule has 4 nitrogen and oxygen atoms in total. The lowest BCUT2D eigenvalue weighted by molar-refractivity contribution is 1.07. The highest BCUT2D eigenvalue weighted by Gasteiger charge is 2.24. The minimum absolute atomic E-state index is 0.627. The van der Waals surface area contributed by atoms with Crippen LogP contribution in [0, 0.1) is 0 Å². The summed E-state index contributed by atoms with van der Waals surface area (Å²) >= 11 is 1.81. The molecule has 0 amide bonds. The van der Waals surface area contributed by atoms with Gasteiger partial charge in [0.2, 0.25) is 0 Å². The number of hydrogen-bond acceptors (Lipinski definition) is 5. The third-order valence-corrected chi connectivity index (χ3v) is 10.0. The predicted octanol–water partition coefficient (Wildman–Crippen LogP) is 12.1. The number of benzene rings is 7. The average molecular weight is 659 g/mol. The molecule has 5 heteroatoms. The third kappa shape index (κ3) is 5.74. The van der Waals surface area contributed by atoms with E-state index in [0.717, 1.165) is 44.6 Å². The van der Waals surface area contributed by atoms with Crippen LogP contribution >= 0.6 is 11.8 Å². The lowest BCUT2D eigenvalue weighted by Crippen LogP contribution is -2.14. The van der Waals surface area contributed by atoms with E-state index in [9.17, 15) is 0 Å². The van der Waals surface area contributed by atoms with Crippen molar-refractivity contribution in [1.29, 1.82) is 0 Å². The number of fused-ring (bicyclic) bond motifs is 2. The second-order valence-electron chi connectivity index (χ2n) is 12.1. The Hall–Kier alpha value is -6.30. The summed E-state index contributed by atoms with van der Waals surface area (Å²) in [5.74, 6) is 1.89. The average Bonchev–Trinajstić information content (AvgIpc) is 3.20. The maximum absolute atomic E-state index is 5.09.